The molecule has 9 heteroatoms. The molecule has 6 nitrogen and oxygen atoms in total. The molecule has 0 radical (unpaired) electrons. The molecule has 0 saturated carbocycles. The van der Waals surface area contributed by atoms with Gasteiger partial charge in [-0.05, 0) is 36.6 Å². The summed E-state index contributed by atoms with van der Waals surface area (Å²) in [5.74, 6) is 3.35. The Morgan fingerprint density at radius 1 is 1.23 bits per heavy atom. The highest BCUT2D eigenvalue weighted by atomic mass is 35.5. The standard InChI is InChI=1S/C20H22ClF2N5O.C2H2/c1-12(26-27-24)28-10-9-17(21)16(11-28)13-5-7-14(8-6-13)25-20(29)15-3-2-4-18(22)19(15)23;1-2/h3,5-8,27H,2,4,9-11,24H2,1H3,(H,25,29);1-2H/b26-12+;. The molecule has 164 valence electrons. The number of rotatable bonds is 4. The lowest BCUT2D eigenvalue weighted by Crippen LogP contribution is -2.36. The number of benzene rings is 1. The third kappa shape index (κ3) is 5.94. The van der Waals surface area contributed by atoms with Gasteiger partial charge in [-0.25, -0.2) is 20.2 Å². The van der Waals surface area contributed by atoms with Gasteiger partial charge in [-0.1, -0.05) is 29.8 Å². The summed E-state index contributed by atoms with van der Waals surface area (Å²) < 4.78 is 27.2. The minimum atomic E-state index is -1.09. The summed E-state index contributed by atoms with van der Waals surface area (Å²) in [6.45, 7) is 3.16. The molecule has 3 rings (SSSR count). The third-order valence-electron chi connectivity index (χ3n) is 4.88. The molecule has 1 aromatic rings. The molecule has 1 aliphatic heterocycles. The monoisotopic (exact) mass is 447 g/mol. The van der Waals surface area contributed by atoms with Crippen LogP contribution in [-0.2, 0) is 4.79 Å². The van der Waals surface area contributed by atoms with Gasteiger partial charge in [0.2, 0.25) is 0 Å². The van der Waals surface area contributed by atoms with Crippen LogP contribution in [0.25, 0.3) is 5.57 Å². The van der Waals surface area contributed by atoms with Crippen LogP contribution in [-0.4, -0.2) is 29.7 Å². The van der Waals surface area contributed by atoms with E-state index in [1.807, 2.05) is 19.1 Å². The number of nitrogens with two attached hydrogens (primary N) is 1. The Morgan fingerprint density at radius 2 is 1.90 bits per heavy atom. The summed E-state index contributed by atoms with van der Waals surface area (Å²) in [6.07, 6.45) is 10.4. The number of hydrazine groups is 1. The fourth-order valence-corrected chi connectivity index (χ4v) is 3.52. The van der Waals surface area contributed by atoms with E-state index in [2.05, 4.69) is 33.7 Å². The normalized spacial score (nSPS) is 16.9. The number of carbonyl (C=O) groups excluding carboxylic acids is 1. The first kappa shape index (κ1) is 24.1. The summed E-state index contributed by atoms with van der Waals surface area (Å²) in [6, 6.07) is 7.05. The molecule has 0 unspecified atom stereocenters. The number of carbonyl (C=O) groups is 1. The molecule has 0 bridgehead atoms. The van der Waals surface area contributed by atoms with Crippen molar-refractivity contribution in [1.82, 2.24) is 10.4 Å². The molecule has 1 heterocycles. The van der Waals surface area contributed by atoms with Crippen molar-refractivity contribution >= 4 is 34.6 Å². The SMILES string of the molecule is C#C.C/C(=N\NN)N1CCC(Cl)=C(c2ccc(NC(=O)C3=CCCC(F)=C3F)cc2)C1. The van der Waals surface area contributed by atoms with Crippen LogP contribution >= 0.6 is 11.6 Å². The molecule has 0 fully saturated rings. The van der Waals surface area contributed by atoms with Gasteiger partial charge in [0, 0.05) is 36.7 Å². The van der Waals surface area contributed by atoms with Crippen molar-refractivity contribution in [3.8, 4) is 12.8 Å². The summed E-state index contributed by atoms with van der Waals surface area (Å²) in [4.78, 5) is 14.3. The van der Waals surface area contributed by atoms with Crippen LogP contribution in [0.2, 0.25) is 0 Å². The lowest BCUT2D eigenvalue weighted by Gasteiger charge is -2.30. The molecule has 1 aromatic carbocycles. The number of hydrogen-bond acceptors (Lipinski definition) is 4. The zero-order valence-electron chi connectivity index (χ0n) is 17.1. The van der Waals surface area contributed by atoms with Gasteiger partial charge in [-0.2, -0.15) is 5.10 Å². The predicted molar refractivity (Wildman–Crippen MR) is 121 cm³/mol. The zero-order valence-corrected chi connectivity index (χ0v) is 17.8. The van der Waals surface area contributed by atoms with Crippen molar-refractivity contribution in [2.24, 2.45) is 10.9 Å². The van der Waals surface area contributed by atoms with Crippen molar-refractivity contribution < 1.29 is 13.6 Å². The molecule has 0 spiro atoms. The average Bonchev–Trinajstić information content (AvgIpc) is 2.78. The van der Waals surface area contributed by atoms with Gasteiger partial charge in [0.1, 0.15) is 11.7 Å². The van der Waals surface area contributed by atoms with Gasteiger partial charge in [0.25, 0.3) is 5.91 Å². The Labute approximate surface area is 185 Å². The van der Waals surface area contributed by atoms with E-state index < -0.39 is 17.6 Å². The second-order valence-electron chi connectivity index (χ2n) is 6.75. The maximum atomic E-state index is 13.8. The minimum absolute atomic E-state index is 0.0181. The second-order valence-corrected chi connectivity index (χ2v) is 7.21. The summed E-state index contributed by atoms with van der Waals surface area (Å²) in [5, 5.41) is 7.36. The van der Waals surface area contributed by atoms with Crippen LogP contribution in [0.1, 0.15) is 31.7 Å². The molecule has 1 amide bonds. The Morgan fingerprint density at radius 3 is 2.55 bits per heavy atom. The quantitative estimate of drug-likeness (QED) is 0.212. The van der Waals surface area contributed by atoms with E-state index in [-0.39, 0.29) is 12.0 Å². The van der Waals surface area contributed by atoms with Gasteiger partial charge in [-0.3, -0.25) is 4.79 Å². The van der Waals surface area contributed by atoms with E-state index in [1.165, 1.54) is 6.08 Å². The first-order valence-corrected chi connectivity index (χ1v) is 9.90. The largest absolute Gasteiger partial charge is 0.354 e. The molecule has 31 heavy (non-hydrogen) atoms. The van der Waals surface area contributed by atoms with Gasteiger partial charge in [0.15, 0.2) is 5.83 Å². The van der Waals surface area contributed by atoms with E-state index in [1.54, 1.807) is 12.1 Å². The van der Waals surface area contributed by atoms with Gasteiger partial charge in [0.05, 0.1) is 5.57 Å². The summed E-state index contributed by atoms with van der Waals surface area (Å²) in [7, 11) is 0. The summed E-state index contributed by atoms with van der Waals surface area (Å²) >= 11 is 6.43. The van der Waals surface area contributed by atoms with Crippen LogP contribution < -0.4 is 16.7 Å². The van der Waals surface area contributed by atoms with Crippen molar-refractivity contribution in [3.63, 3.8) is 0 Å². The van der Waals surface area contributed by atoms with Crippen molar-refractivity contribution in [1.29, 1.82) is 0 Å². The van der Waals surface area contributed by atoms with E-state index in [0.717, 1.165) is 28.5 Å². The number of terminal acetylenes is 1. The number of amidine groups is 1. The molecular formula is C22H24ClF2N5O. The van der Waals surface area contributed by atoms with Crippen molar-refractivity contribution in [2.45, 2.75) is 26.2 Å². The van der Waals surface area contributed by atoms with E-state index in [9.17, 15) is 13.6 Å². The van der Waals surface area contributed by atoms with Crippen LogP contribution in [0.4, 0.5) is 14.5 Å². The third-order valence-corrected chi connectivity index (χ3v) is 5.30. The fourth-order valence-electron chi connectivity index (χ4n) is 3.26. The smallest absolute Gasteiger partial charge is 0.258 e. The predicted octanol–water partition coefficient (Wildman–Crippen LogP) is 4.20. The molecular weight excluding hydrogens is 424 g/mol. The number of nitrogens with one attached hydrogen (secondary N) is 2. The molecule has 0 atom stereocenters. The van der Waals surface area contributed by atoms with Crippen molar-refractivity contribution in [2.75, 3.05) is 18.4 Å². The Hall–Kier alpha value is -3.15. The van der Waals surface area contributed by atoms with E-state index in [0.29, 0.717) is 25.1 Å². The fraction of sp³-hybridized carbons (Fsp3) is 0.273. The van der Waals surface area contributed by atoms with Gasteiger partial charge < -0.3 is 10.2 Å². The van der Waals surface area contributed by atoms with Crippen LogP contribution in [0, 0.1) is 12.8 Å². The summed E-state index contributed by atoms with van der Waals surface area (Å²) in [5.41, 5.74) is 4.35. The van der Waals surface area contributed by atoms with Gasteiger partial charge in [-0.15, -0.1) is 12.8 Å². The Bertz CT molecular complexity index is 964. The number of anilines is 1. The molecule has 2 aliphatic rings. The molecule has 0 aromatic heterocycles. The zero-order chi connectivity index (χ0) is 23.0. The lowest BCUT2D eigenvalue weighted by molar-refractivity contribution is -0.112. The number of amides is 1. The highest BCUT2D eigenvalue weighted by Gasteiger charge is 2.23. The first-order chi connectivity index (χ1) is 14.9. The van der Waals surface area contributed by atoms with Crippen LogP contribution in [0.3, 0.4) is 0 Å². The number of hydrogen-bond donors (Lipinski definition) is 3. The molecule has 1 aliphatic carbocycles. The number of allylic oxidation sites excluding steroid dienone is 2. The topological polar surface area (TPSA) is 82.8 Å². The van der Waals surface area contributed by atoms with E-state index >= 15 is 0 Å². The lowest BCUT2D eigenvalue weighted by atomic mass is 10.00. The second kappa shape index (κ2) is 11.3. The first-order valence-electron chi connectivity index (χ1n) is 9.53. The average molecular weight is 448 g/mol. The Balaban J connectivity index is 0.00000166. The highest BCUT2D eigenvalue weighted by Crippen LogP contribution is 2.31. The van der Waals surface area contributed by atoms with Crippen molar-refractivity contribution in [3.05, 3.63) is 58.2 Å². The molecule has 0 saturated heterocycles. The minimum Gasteiger partial charge on any atom is -0.354 e. The number of nitrogens with zero attached hydrogens (tertiary/aromatic N) is 2. The van der Waals surface area contributed by atoms with Crippen LogP contribution in [0.15, 0.2) is 57.7 Å². The number of hydrazone groups is 1. The van der Waals surface area contributed by atoms with E-state index in [4.69, 9.17) is 17.4 Å². The maximum Gasteiger partial charge on any atom is 0.258 e. The van der Waals surface area contributed by atoms with Crippen LogP contribution in [0.5, 0.6) is 0 Å². The van der Waals surface area contributed by atoms with Gasteiger partial charge >= 0.3 is 0 Å². The molecule has 4 N–H and O–H groups in total. The highest BCUT2D eigenvalue weighted by molar-refractivity contribution is 6.33. The Kier molecular flexibility index (Phi) is 8.79. The number of halogens is 3. The maximum absolute atomic E-state index is 13.8.